The molecule has 0 unspecified atom stereocenters. The second kappa shape index (κ2) is 6.55. The minimum atomic E-state index is 0.738. The number of halogens is 2. The van der Waals surface area contributed by atoms with Gasteiger partial charge in [-0.3, -0.25) is 0 Å². The normalized spacial score (nSPS) is 10.6. The Bertz CT molecular complexity index is 548. The zero-order valence-corrected chi connectivity index (χ0v) is 13.0. The summed E-state index contributed by atoms with van der Waals surface area (Å²) in [5.74, 6) is 0.872. The van der Waals surface area contributed by atoms with Crippen molar-refractivity contribution in [1.29, 1.82) is 0 Å². The third-order valence-electron chi connectivity index (χ3n) is 2.21. The third-order valence-corrected chi connectivity index (χ3v) is 3.76. The van der Waals surface area contributed by atoms with Crippen LogP contribution in [-0.2, 0) is 6.42 Å². The third kappa shape index (κ3) is 3.97. The Morgan fingerprint density at radius 3 is 2.83 bits per heavy atom. The van der Waals surface area contributed by atoms with Crippen molar-refractivity contribution in [2.24, 2.45) is 0 Å². The minimum Gasteiger partial charge on any atom is -0.226 e. The lowest BCUT2D eigenvalue weighted by Gasteiger charge is -2.04. The van der Waals surface area contributed by atoms with E-state index in [2.05, 4.69) is 32.8 Å². The topological polar surface area (TPSA) is 25.8 Å². The molecular formula is C13H12BrClN2S. The highest BCUT2D eigenvalue weighted by Gasteiger charge is 2.05. The molecule has 5 heteroatoms. The van der Waals surface area contributed by atoms with E-state index in [9.17, 15) is 0 Å². The molecule has 0 fully saturated rings. The van der Waals surface area contributed by atoms with Gasteiger partial charge < -0.3 is 0 Å². The maximum atomic E-state index is 5.97. The smallest absolute Gasteiger partial charge is 0.130 e. The number of hydrogen-bond acceptors (Lipinski definition) is 3. The van der Waals surface area contributed by atoms with Gasteiger partial charge in [0.2, 0.25) is 0 Å². The van der Waals surface area contributed by atoms with E-state index in [0.29, 0.717) is 0 Å². The molecule has 94 valence electrons. The van der Waals surface area contributed by atoms with Gasteiger partial charge in [0.05, 0.1) is 0 Å². The molecule has 18 heavy (non-hydrogen) atoms. The van der Waals surface area contributed by atoms with Gasteiger partial charge in [0.25, 0.3) is 0 Å². The van der Waals surface area contributed by atoms with E-state index in [4.69, 9.17) is 11.6 Å². The van der Waals surface area contributed by atoms with Crippen molar-refractivity contribution in [2.75, 3.05) is 0 Å². The zero-order chi connectivity index (χ0) is 13.0. The summed E-state index contributed by atoms with van der Waals surface area (Å²) in [6.45, 7) is 2.12. The van der Waals surface area contributed by atoms with E-state index in [-0.39, 0.29) is 0 Å². The lowest BCUT2D eigenvalue weighted by Crippen LogP contribution is -1.96. The van der Waals surface area contributed by atoms with Crippen molar-refractivity contribution < 1.29 is 0 Å². The Hall–Kier alpha value is -0.580. The van der Waals surface area contributed by atoms with Crippen molar-refractivity contribution in [3.8, 4) is 0 Å². The average molecular weight is 344 g/mol. The molecule has 0 atom stereocenters. The molecule has 0 aliphatic heterocycles. The van der Waals surface area contributed by atoms with E-state index in [1.54, 1.807) is 11.8 Å². The number of benzene rings is 1. The molecule has 0 spiro atoms. The Morgan fingerprint density at radius 2 is 2.11 bits per heavy atom. The van der Waals surface area contributed by atoms with Crippen LogP contribution in [-0.4, -0.2) is 9.97 Å². The summed E-state index contributed by atoms with van der Waals surface area (Å²) >= 11 is 11.0. The van der Waals surface area contributed by atoms with Crippen molar-refractivity contribution in [3.05, 3.63) is 45.8 Å². The van der Waals surface area contributed by atoms with Gasteiger partial charge in [-0.2, -0.15) is 0 Å². The predicted molar refractivity (Wildman–Crippen MR) is 79.3 cm³/mol. The van der Waals surface area contributed by atoms with Crippen LogP contribution >= 0.6 is 39.3 Å². The van der Waals surface area contributed by atoms with Gasteiger partial charge in [-0.15, -0.1) is 0 Å². The molecule has 0 aliphatic rings. The first-order valence-electron chi connectivity index (χ1n) is 5.64. The van der Waals surface area contributed by atoms with Crippen LogP contribution in [0.3, 0.4) is 0 Å². The van der Waals surface area contributed by atoms with Crippen LogP contribution in [0.15, 0.2) is 44.9 Å². The summed E-state index contributed by atoms with van der Waals surface area (Å²) in [5.41, 5.74) is 0. The highest BCUT2D eigenvalue weighted by Crippen LogP contribution is 2.29. The molecule has 2 rings (SSSR count). The molecule has 2 aromatic rings. The first-order valence-corrected chi connectivity index (χ1v) is 7.63. The Balaban J connectivity index is 2.23. The second-order valence-corrected chi connectivity index (χ2v) is 6.10. The maximum absolute atomic E-state index is 5.97. The first-order chi connectivity index (χ1) is 8.67. The van der Waals surface area contributed by atoms with Crippen LogP contribution < -0.4 is 0 Å². The highest BCUT2D eigenvalue weighted by atomic mass is 79.9. The van der Waals surface area contributed by atoms with Crippen molar-refractivity contribution in [3.63, 3.8) is 0 Å². The summed E-state index contributed by atoms with van der Waals surface area (Å²) < 4.78 is 0.825. The molecule has 0 amide bonds. The quantitative estimate of drug-likeness (QED) is 0.731. The second-order valence-electron chi connectivity index (χ2n) is 3.75. The Labute approximate surface area is 124 Å². The van der Waals surface area contributed by atoms with E-state index in [0.717, 1.165) is 38.2 Å². The standard InChI is InChI=1S/C13H12BrClN2S/c1-2-4-12-16-11(14)8-13(17-12)18-10-6-3-5-9(15)7-10/h3,5-8H,2,4H2,1H3. The van der Waals surface area contributed by atoms with Gasteiger partial charge >= 0.3 is 0 Å². The lowest BCUT2D eigenvalue weighted by molar-refractivity contribution is 0.803. The predicted octanol–water partition coefficient (Wildman–Crippen LogP) is 5.00. The number of rotatable bonds is 4. The van der Waals surface area contributed by atoms with Crippen LogP contribution in [0.25, 0.3) is 0 Å². The molecule has 1 heterocycles. The molecule has 0 saturated heterocycles. The monoisotopic (exact) mass is 342 g/mol. The first kappa shape index (κ1) is 13.8. The largest absolute Gasteiger partial charge is 0.226 e. The van der Waals surface area contributed by atoms with Crippen LogP contribution in [0.4, 0.5) is 0 Å². The van der Waals surface area contributed by atoms with E-state index in [1.807, 2.05) is 30.3 Å². The van der Waals surface area contributed by atoms with Gasteiger partial charge in [0, 0.05) is 22.4 Å². The summed E-state index contributed by atoms with van der Waals surface area (Å²) in [6.07, 6.45) is 1.93. The van der Waals surface area contributed by atoms with Gasteiger partial charge in [-0.1, -0.05) is 36.4 Å². The van der Waals surface area contributed by atoms with E-state index < -0.39 is 0 Å². The van der Waals surface area contributed by atoms with Crippen LogP contribution in [0.2, 0.25) is 5.02 Å². The minimum absolute atomic E-state index is 0.738. The molecule has 0 saturated carbocycles. The zero-order valence-electron chi connectivity index (χ0n) is 9.86. The Kier molecular flexibility index (Phi) is 5.03. The van der Waals surface area contributed by atoms with Crippen LogP contribution in [0, 0.1) is 0 Å². The summed E-state index contributed by atoms with van der Waals surface area (Å²) in [6, 6.07) is 9.68. The van der Waals surface area contributed by atoms with Crippen LogP contribution in [0.1, 0.15) is 19.2 Å². The summed E-state index contributed by atoms with van der Waals surface area (Å²) in [7, 11) is 0. The summed E-state index contributed by atoms with van der Waals surface area (Å²) in [5, 5.41) is 1.67. The van der Waals surface area contributed by atoms with Gasteiger partial charge in [-0.25, -0.2) is 9.97 Å². The lowest BCUT2D eigenvalue weighted by atomic mass is 10.3. The van der Waals surface area contributed by atoms with E-state index in [1.165, 1.54) is 0 Å². The summed E-state index contributed by atoms with van der Waals surface area (Å²) in [4.78, 5) is 9.96. The Morgan fingerprint density at radius 1 is 1.28 bits per heavy atom. The fraction of sp³-hybridized carbons (Fsp3) is 0.231. The van der Waals surface area contributed by atoms with Gasteiger partial charge in [-0.05, 0) is 40.5 Å². The van der Waals surface area contributed by atoms with Gasteiger partial charge in [0.15, 0.2) is 0 Å². The maximum Gasteiger partial charge on any atom is 0.130 e. The molecule has 0 N–H and O–H groups in total. The molecular weight excluding hydrogens is 332 g/mol. The highest BCUT2D eigenvalue weighted by molar-refractivity contribution is 9.10. The van der Waals surface area contributed by atoms with Gasteiger partial charge in [0.1, 0.15) is 15.5 Å². The fourth-order valence-corrected chi connectivity index (χ4v) is 3.20. The number of aryl methyl sites for hydroxylation is 1. The van der Waals surface area contributed by atoms with Crippen molar-refractivity contribution in [2.45, 2.75) is 29.7 Å². The molecule has 1 aromatic carbocycles. The fourth-order valence-electron chi connectivity index (χ4n) is 1.48. The molecule has 0 aliphatic carbocycles. The van der Waals surface area contributed by atoms with Crippen LogP contribution in [0.5, 0.6) is 0 Å². The molecule has 1 aromatic heterocycles. The SMILES string of the molecule is CCCc1nc(Br)cc(Sc2cccc(Cl)c2)n1. The number of aromatic nitrogens is 2. The number of nitrogens with zero attached hydrogens (tertiary/aromatic N) is 2. The van der Waals surface area contributed by atoms with Crippen molar-refractivity contribution >= 4 is 39.3 Å². The average Bonchev–Trinajstić information content (AvgIpc) is 2.28. The van der Waals surface area contributed by atoms with E-state index >= 15 is 0 Å². The number of hydrogen-bond donors (Lipinski definition) is 0. The molecule has 2 nitrogen and oxygen atoms in total. The molecule has 0 radical (unpaired) electrons. The van der Waals surface area contributed by atoms with Crippen molar-refractivity contribution in [1.82, 2.24) is 9.97 Å². The molecule has 0 bridgehead atoms.